The number of hydrogen-bond acceptors (Lipinski definition) is 5. The largest absolute Gasteiger partial charge is 0.378 e. The normalized spacial score (nSPS) is 14.7. The number of nitrogens with one attached hydrogen (secondary N) is 2. The summed E-state index contributed by atoms with van der Waals surface area (Å²) in [6, 6.07) is 28.4. The van der Waals surface area contributed by atoms with Gasteiger partial charge in [-0.2, -0.15) is 0 Å². The van der Waals surface area contributed by atoms with Gasteiger partial charge in [0.25, 0.3) is 0 Å². The minimum absolute atomic E-state index is 0.0231. The smallest absolute Gasteiger partial charge is 0.309 e. The molecule has 3 aromatic rings. The summed E-state index contributed by atoms with van der Waals surface area (Å²) in [5.74, 6) is -1.22. The summed E-state index contributed by atoms with van der Waals surface area (Å²) in [6.07, 6.45) is 0. The van der Waals surface area contributed by atoms with E-state index in [2.05, 4.69) is 73.9 Å². The fourth-order valence-electron chi connectivity index (χ4n) is 4.51. The molecule has 36 heavy (non-hydrogen) atoms. The Morgan fingerprint density at radius 2 is 1.36 bits per heavy atom. The molecule has 0 saturated carbocycles. The highest BCUT2D eigenvalue weighted by molar-refractivity contribution is 6.35. The van der Waals surface area contributed by atoms with Crippen molar-refractivity contribution in [2.75, 3.05) is 56.6 Å². The molecule has 0 aromatic heterocycles. The highest BCUT2D eigenvalue weighted by atomic mass is 16.2. The van der Waals surface area contributed by atoms with Gasteiger partial charge in [-0.05, 0) is 35.4 Å². The second-order valence-electron chi connectivity index (χ2n) is 9.24. The number of nitrogens with zero attached hydrogens (tertiary/aromatic N) is 3. The third kappa shape index (κ3) is 6.64. The van der Waals surface area contributed by atoms with E-state index in [1.807, 2.05) is 50.5 Å². The lowest BCUT2D eigenvalue weighted by atomic mass is 10.0. The molecule has 7 heteroatoms. The van der Waals surface area contributed by atoms with Crippen LogP contribution in [0.4, 0.5) is 11.4 Å². The first kappa shape index (κ1) is 25.3. The molecule has 1 aliphatic rings. The molecule has 1 aliphatic heterocycles. The minimum atomic E-state index is -0.616. The molecule has 4 rings (SSSR count). The monoisotopic (exact) mass is 485 g/mol. The van der Waals surface area contributed by atoms with Gasteiger partial charge in [-0.15, -0.1) is 0 Å². The standard InChI is InChI=1S/C29H35N5O2/c1-32(2)25-15-13-24(14-16-25)27(34-19-17-33(18-20-34)26-11-7-4-8-12-26)22-31-29(36)28(35)30-21-23-9-5-3-6-10-23/h3-16,27H,17-22H2,1-2H3,(H,30,35)(H,31,36). The summed E-state index contributed by atoms with van der Waals surface area (Å²) < 4.78 is 0. The zero-order chi connectivity index (χ0) is 25.3. The van der Waals surface area contributed by atoms with Crippen LogP contribution in [0.5, 0.6) is 0 Å². The third-order valence-electron chi connectivity index (χ3n) is 6.63. The van der Waals surface area contributed by atoms with Crippen molar-refractivity contribution in [3.8, 4) is 0 Å². The summed E-state index contributed by atoms with van der Waals surface area (Å²) in [7, 11) is 4.03. The van der Waals surface area contributed by atoms with Crippen molar-refractivity contribution in [3.63, 3.8) is 0 Å². The molecular formula is C29H35N5O2. The van der Waals surface area contributed by atoms with E-state index in [1.54, 1.807) is 0 Å². The molecule has 0 radical (unpaired) electrons. The van der Waals surface area contributed by atoms with E-state index in [0.717, 1.165) is 43.0 Å². The van der Waals surface area contributed by atoms with E-state index in [4.69, 9.17) is 0 Å². The molecule has 3 aromatic carbocycles. The molecule has 1 saturated heterocycles. The van der Waals surface area contributed by atoms with Gasteiger partial charge in [0.1, 0.15) is 0 Å². The lowest BCUT2D eigenvalue weighted by molar-refractivity contribution is -0.139. The Morgan fingerprint density at radius 3 is 1.97 bits per heavy atom. The predicted molar refractivity (Wildman–Crippen MR) is 145 cm³/mol. The van der Waals surface area contributed by atoms with Crippen molar-refractivity contribution < 1.29 is 9.59 Å². The molecule has 1 fully saturated rings. The molecule has 2 amide bonds. The van der Waals surface area contributed by atoms with Gasteiger partial charge in [0, 0.05) is 64.7 Å². The maximum absolute atomic E-state index is 12.6. The number of para-hydroxylation sites is 1. The van der Waals surface area contributed by atoms with Crippen LogP contribution in [-0.2, 0) is 16.1 Å². The third-order valence-corrected chi connectivity index (χ3v) is 6.63. The first-order valence-electron chi connectivity index (χ1n) is 12.4. The fraction of sp³-hybridized carbons (Fsp3) is 0.310. The van der Waals surface area contributed by atoms with Gasteiger partial charge < -0.3 is 20.4 Å². The Bertz CT molecular complexity index is 1110. The highest BCUT2D eigenvalue weighted by Crippen LogP contribution is 2.25. The molecule has 7 nitrogen and oxygen atoms in total. The van der Waals surface area contributed by atoms with Crippen LogP contribution < -0.4 is 20.4 Å². The highest BCUT2D eigenvalue weighted by Gasteiger charge is 2.26. The SMILES string of the molecule is CN(C)c1ccc(C(CNC(=O)C(=O)NCc2ccccc2)N2CCN(c3ccccc3)CC2)cc1. The number of amides is 2. The van der Waals surface area contributed by atoms with E-state index >= 15 is 0 Å². The van der Waals surface area contributed by atoms with Crippen LogP contribution in [-0.4, -0.2) is 63.5 Å². The average molecular weight is 486 g/mol. The van der Waals surface area contributed by atoms with Crippen molar-refractivity contribution in [1.82, 2.24) is 15.5 Å². The minimum Gasteiger partial charge on any atom is -0.378 e. The van der Waals surface area contributed by atoms with Crippen molar-refractivity contribution in [3.05, 3.63) is 96.1 Å². The predicted octanol–water partition coefficient (Wildman–Crippen LogP) is 3.05. The summed E-state index contributed by atoms with van der Waals surface area (Å²) in [6.45, 7) is 4.23. The number of benzene rings is 3. The lowest BCUT2D eigenvalue weighted by Gasteiger charge is -2.40. The number of hydrogen-bond donors (Lipinski definition) is 2. The van der Waals surface area contributed by atoms with Gasteiger partial charge in [-0.1, -0.05) is 60.7 Å². The van der Waals surface area contributed by atoms with Gasteiger partial charge in [-0.25, -0.2) is 0 Å². The Hall–Kier alpha value is -3.84. The van der Waals surface area contributed by atoms with Gasteiger partial charge >= 0.3 is 11.8 Å². The van der Waals surface area contributed by atoms with E-state index in [0.29, 0.717) is 13.1 Å². The fourth-order valence-corrected chi connectivity index (χ4v) is 4.51. The van der Waals surface area contributed by atoms with Gasteiger partial charge in [0.2, 0.25) is 0 Å². The molecular weight excluding hydrogens is 450 g/mol. The summed E-state index contributed by atoms with van der Waals surface area (Å²) in [4.78, 5) is 31.9. The number of carbonyl (C=O) groups is 2. The van der Waals surface area contributed by atoms with Crippen LogP contribution in [0.3, 0.4) is 0 Å². The van der Waals surface area contributed by atoms with Gasteiger partial charge in [-0.3, -0.25) is 14.5 Å². The number of carbonyl (C=O) groups excluding carboxylic acids is 2. The van der Waals surface area contributed by atoms with Crippen LogP contribution in [0, 0.1) is 0 Å². The number of rotatable bonds is 8. The Morgan fingerprint density at radius 1 is 0.778 bits per heavy atom. The molecule has 1 atom stereocenters. The molecule has 0 spiro atoms. The average Bonchev–Trinajstić information content (AvgIpc) is 2.93. The van der Waals surface area contributed by atoms with Crippen molar-refractivity contribution in [1.29, 1.82) is 0 Å². The molecule has 0 bridgehead atoms. The van der Waals surface area contributed by atoms with E-state index < -0.39 is 11.8 Å². The maximum atomic E-state index is 12.6. The zero-order valence-corrected chi connectivity index (χ0v) is 21.1. The second-order valence-corrected chi connectivity index (χ2v) is 9.24. The lowest BCUT2D eigenvalue weighted by Crippen LogP contribution is -2.50. The van der Waals surface area contributed by atoms with Crippen molar-refractivity contribution in [2.24, 2.45) is 0 Å². The summed E-state index contributed by atoms with van der Waals surface area (Å²) >= 11 is 0. The Balaban J connectivity index is 1.40. The zero-order valence-electron chi connectivity index (χ0n) is 21.1. The van der Waals surface area contributed by atoms with Crippen LogP contribution in [0.1, 0.15) is 17.2 Å². The van der Waals surface area contributed by atoms with Crippen LogP contribution in [0.15, 0.2) is 84.9 Å². The van der Waals surface area contributed by atoms with Crippen LogP contribution in [0.2, 0.25) is 0 Å². The molecule has 2 N–H and O–H groups in total. The van der Waals surface area contributed by atoms with Crippen molar-refractivity contribution in [2.45, 2.75) is 12.6 Å². The molecule has 1 heterocycles. The Kier molecular flexibility index (Phi) is 8.57. The van der Waals surface area contributed by atoms with Crippen LogP contribution in [0.25, 0.3) is 0 Å². The summed E-state index contributed by atoms with van der Waals surface area (Å²) in [5.41, 5.74) is 4.43. The first-order chi connectivity index (χ1) is 17.5. The van der Waals surface area contributed by atoms with Crippen molar-refractivity contribution >= 4 is 23.2 Å². The van der Waals surface area contributed by atoms with E-state index in [-0.39, 0.29) is 6.04 Å². The first-order valence-corrected chi connectivity index (χ1v) is 12.4. The Labute approximate surface area is 213 Å². The quantitative estimate of drug-likeness (QED) is 0.480. The number of piperazine rings is 1. The van der Waals surface area contributed by atoms with Gasteiger partial charge in [0.05, 0.1) is 6.04 Å². The number of anilines is 2. The maximum Gasteiger partial charge on any atom is 0.309 e. The summed E-state index contributed by atoms with van der Waals surface area (Å²) in [5, 5.41) is 5.59. The van der Waals surface area contributed by atoms with Gasteiger partial charge in [0.15, 0.2) is 0 Å². The molecule has 1 unspecified atom stereocenters. The second kappa shape index (κ2) is 12.2. The van der Waals surface area contributed by atoms with E-state index in [1.165, 1.54) is 5.69 Å². The molecule has 0 aliphatic carbocycles. The van der Waals surface area contributed by atoms with Crippen LogP contribution >= 0.6 is 0 Å². The van der Waals surface area contributed by atoms with E-state index in [9.17, 15) is 9.59 Å². The topological polar surface area (TPSA) is 67.9 Å². The molecule has 188 valence electrons.